The van der Waals surface area contributed by atoms with E-state index in [0.29, 0.717) is 12.3 Å². The highest BCUT2D eigenvalue weighted by Crippen LogP contribution is 2.38. The van der Waals surface area contributed by atoms with Gasteiger partial charge in [0, 0.05) is 18.8 Å². The smallest absolute Gasteiger partial charge is 0.325 e. The van der Waals surface area contributed by atoms with Crippen molar-refractivity contribution in [2.75, 3.05) is 0 Å². The summed E-state index contributed by atoms with van der Waals surface area (Å²) in [6.45, 7) is -0.130. The molecule has 1 saturated carbocycles. The Morgan fingerprint density at radius 3 is 2.83 bits per heavy atom. The number of carboxylic acid groups (broad SMARTS) is 1. The fourth-order valence-corrected chi connectivity index (χ4v) is 3.56. The predicted molar refractivity (Wildman–Crippen MR) is 86.7 cm³/mol. The Balaban J connectivity index is 1.54. The van der Waals surface area contributed by atoms with Crippen LogP contribution < -0.4 is 0 Å². The summed E-state index contributed by atoms with van der Waals surface area (Å²) in [6, 6.07) is 8.06. The number of hydrogen-bond acceptors (Lipinski definition) is 5. The van der Waals surface area contributed by atoms with E-state index in [2.05, 4.69) is 21.1 Å². The van der Waals surface area contributed by atoms with Crippen molar-refractivity contribution in [2.24, 2.45) is 0 Å². The predicted octanol–water partition coefficient (Wildman–Crippen LogP) is 2.64. The molecule has 23 heavy (non-hydrogen) atoms. The molecule has 0 bridgehead atoms. The molecule has 0 amide bonds. The van der Waals surface area contributed by atoms with Crippen LogP contribution in [0.3, 0.4) is 0 Å². The molecule has 4 rings (SSSR count). The molecular formula is C16H16N4O2S. The molecule has 0 atom stereocenters. The van der Waals surface area contributed by atoms with Gasteiger partial charge < -0.3 is 5.11 Å². The molecule has 1 N–H and O–H groups in total. The molecule has 1 aliphatic carbocycles. The van der Waals surface area contributed by atoms with Crippen molar-refractivity contribution in [3.05, 3.63) is 40.9 Å². The summed E-state index contributed by atoms with van der Waals surface area (Å²) in [7, 11) is 0. The molecular weight excluding hydrogens is 312 g/mol. The van der Waals surface area contributed by atoms with Gasteiger partial charge in [-0.1, -0.05) is 12.1 Å². The number of carboxylic acids is 1. The number of rotatable bonds is 6. The Kier molecular flexibility index (Phi) is 3.57. The van der Waals surface area contributed by atoms with E-state index >= 15 is 0 Å². The lowest BCUT2D eigenvalue weighted by Crippen LogP contribution is -2.14. The first-order chi connectivity index (χ1) is 11.2. The highest BCUT2D eigenvalue weighted by atomic mass is 32.1. The van der Waals surface area contributed by atoms with Gasteiger partial charge in [-0.25, -0.2) is 14.6 Å². The second-order valence-corrected chi connectivity index (χ2v) is 6.90. The van der Waals surface area contributed by atoms with Gasteiger partial charge in [0.1, 0.15) is 12.4 Å². The van der Waals surface area contributed by atoms with Gasteiger partial charge in [0.25, 0.3) is 0 Å². The molecule has 0 saturated heterocycles. The number of fused-ring (bicyclic) bond motifs is 1. The number of aromatic nitrogens is 4. The number of aryl methyl sites for hydroxylation is 2. The first-order valence-corrected chi connectivity index (χ1v) is 8.50. The lowest BCUT2D eigenvalue weighted by atomic mass is 10.3. The van der Waals surface area contributed by atoms with Gasteiger partial charge in [0.05, 0.1) is 15.2 Å². The van der Waals surface area contributed by atoms with E-state index in [1.807, 2.05) is 18.2 Å². The first kappa shape index (κ1) is 14.3. The SMILES string of the molecule is O=C(O)Cn1nc(C2CC2)nc1CCc1nc2ccccc2s1. The number of thiazole rings is 1. The number of para-hydroxylation sites is 1. The monoisotopic (exact) mass is 328 g/mol. The maximum atomic E-state index is 11.0. The second-order valence-electron chi connectivity index (χ2n) is 5.79. The van der Waals surface area contributed by atoms with E-state index in [1.165, 1.54) is 9.38 Å². The van der Waals surface area contributed by atoms with E-state index in [9.17, 15) is 4.79 Å². The highest BCUT2D eigenvalue weighted by molar-refractivity contribution is 7.18. The zero-order valence-electron chi connectivity index (χ0n) is 12.5. The van der Waals surface area contributed by atoms with E-state index in [0.717, 1.165) is 41.4 Å². The van der Waals surface area contributed by atoms with E-state index in [4.69, 9.17) is 5.11 Å². The number of benzene rings is 1. The van der Waals surface area contributed by atoms with E-state index in [-0.39, 0.29) is 6.54 Å². The van der Waals surface area contributed by atoms with Crippen molar-refractivity contribution in [3.63, 3.8) is 0 Å². The third kappa shape index (κ3) is 3.10. The van der Waals surface area contributed by atoms with Crippen molar-refractivity contribution in [2.45, 2.75) is 38.1 Å². The van der Waals surface area contributed by atoms with Crippen molar-refractivity contribution in [1.29, 1.82) is 0 Å². The number of aliphatic carboxylic acids is 1. The van der Waals surface area contributed by atoms with Gasteiger partial charge in [-0.05, 0) is 25.0 Å². The van der Waals surface area contributed by atoms with Crippen molar-refractivity contribution >= 4 is 27.5 Å². The van der Waals surface area contributed by atoms with Crippen LogP contribution in [-0.4, -0.2) is 30.8 Å². The largest absolute Gasteiger partial charge is 0.480 e. The fourth-order valence-electron chi connectivity index (χ4n) is 2.59. The Morgan fingerprint density at radius 2 is 2.09 bits per heavy atom. The molecule has 6 nitrogen and oxygen atoms in total. The molecule has 7 heteroatoms. The topological polar surface area (TPSA) is 80.9 Å². The quantitative estimate of drug-likeness (QED) is 0.752. The van der Waals surface area contributed by atoms with Crippen molar-refractivity contribution in [3.8, 4) is 0 Å². The summed E-state index contributed by atoms with van der Waals surface area (Å²) in [5.74, 6) is 1.07. The molecule has 0 unspecified atom stereocenters. The summed E-state index contributed by atoms with van der Waals surface area (Å²) in [6.07, 6.45) is 3.62. The van der Waals surface area contributed by atoms with E-state index in [1.54, 1.807) is 11.3 Å². The lowest BCUT2D eigenvalue weighted by molar-refractivity contribution is -0.137. The average Bonchev–Trinajstić information content (AvgIpc) is 3.17. The van der Waals surface area contributed by atoms with Gasteiger partial charge in [-0.3, -0.25) is 4.79 Å². The van der Waals surface area contributed by atoms with Gasteiger partial charge >= 0.3 is 5.97 Å². The minimum absolute atomic E-state index is 0.130. The van der Waals surface area contributed by atoms with Gasteiger partial charge in [0.15, 0.2) is 5.82 Å². The molecule has 1 aromatic carbocycles. The maximum Gasteiger partial charge on any atom is 0.325 e. The molecule has 2 heterocycles. The third-order valence-electron chi connectivity index (χ3n) is 3.89. The molecule has 1 aliphatic rings. The first-order valence-electron chi connectivity index (χ1n) is 7.69. The number of hydrogen-bond donors (Lipinski definition) is 1. The molecule has 3 aromatic rings. The molecule has 1 fully saturated rings. The Morgan fingerprint density at radius 1 is 1.26 bits per heavy atom. The Labute approximate surface area is 136 Å². The minimum atomic E-state index is -0.890. The normalized spacial score (nSPS) is 14.4. The summed E-state index contributed by atoms with van der Waals surface area (Å²) >= 11 is 1.68. The molecule has 118 valence electrons. The van der Waals surface area contributed by atoms with Crippen LogP contribution in [0.1, 0.15) is 35.4 Å². The van der Waals surface area contributed by atoms with Crippen molar-refractivity contribution in [1.82, 2.24) is 19.7 Å². The Hall–Kier alpha value is -2.28. The lowest BCUT2D eigenvalue weighted by Gasteiger charge is -2.01. The fraction of sp³-hybridized carbons (Fsp3) is 0.375. The Bertz CT molecular complexity index is 833. The van der Waals surface area contributed by atoms with Crippen molar-refractivity contribution < 1.29 is 9.90 Å². The van der Waals surface area contributed by atoms with E-state index < -0.39 is 5.97 Å². The molecule has 2 aromatic heterocycles. The zero-order valence-corrected chi connectivity index (χ0v) is 13.3. The zero-order chi connectivity index (χ0) is 15.8. The van der Waals surface area contributed by atoms with Crippen LogP contribution in [0.2, 0.25) is 0 Å². The second kappa shape index (κ2) is 5.73. The van der Waals surface area contributed by atoms with Crippen LogP contribution in [0.4, 0.5) is 0 Å². The van der Waals surface area contributed by atoms with Gasteiger partial charge in [0.2, 0.25) is 0 Å². The van der Waals surface area contributed by atoms with Crippen LogP contribution in [-0.2, 0) is 24.2 Å². The summed E-state index contributed by atoms with van der Waals surface area (Å²) < 4.78 is 2.71. The summed E-state index contributed by atoms with van der Waals surface area (Å²) in [5.41, 5.74) is 1.01. The summed E-state index contributed by atoms with van der Waals surface area (Å²) in [5, 5.41) is 14.5. The average molecular weight is 328 g/mol. The number of carbonyl (C=O) groups is 1. The summed E-state index contributed by atoms with van der Waals surface area (Å²) in [4.78, 5) is 20.2. The third-order valence-corrected chi connectivity index (χ3v) is 4.99. The minimum Gasteiger partial charge on any atom is -0.480 e. The van der Waals surface area contributed by atoms with Crippen LogP contribution in [0.15, 0.2) is 24.3 Å². The van der Waals surface area contributed by atoms with Gasteiger partial charge in [-0.15, -0.1) is 11.3 Å². The molecule has 0 spiro atoms. The maximum absolute atomic E-state index is 11.0. The van der Waals surface area contributed by atoms with Crippen LogP contribution >= 0.6 is 11.3 Å². The van der Waals surface area contributed by atoms with Crippen LogP contribution in [0.5, 0.6) is 0 Å². The highest BCUT2D eigenvalue weighted by Gasteiger charge is 2.29. The molecule has 0 radical (unpaired) electrons. The molecule has 0 aliphatic heterocycles. The van der Waals surface area contributed by atoms with Crippen LogP contribution in [0.25, 0.3) is 10.2 Å². The number of nitrogens with zero attached hydrogens (tertiary/aromatic N) is 4. The standard InChI is InChI=1S/C16H16N4O2S/c21-15(22)9-20-13(18-16(19-20)10-5-6-10)7-8-14-17-11-3-1-2-4-12(11)23-14/h1-4,10H,5-9H2,(H,21,22). The van der Waals surface area contributed by atoms with Crippen LogP contribution in [0, 0.1) is 0 Å². The van der Waals surface area contributed by atoms with Gasteiger partial charge in [-0.2, -0.15) is 5.10 Å².